The predicted molar refractivity (Wildman–Crippen MR) is 73.3 cm³/mol. The molecule has 0 aromatic heterocycles. The Morgan fingerprint density at radius 3 is 2.47 bits per heavy atom. The van der Waals surface area contributed by atoms with E-state index in [4.69, 9.17) is 0 Å². The Labute approximate surface area is 113 Å². The first-order valence-electron chi connectivity index (χ1n) is 6.70. The summed E-state index contributed by atoms with van der Waals surface area (Å²) < 4.78 is 0. The molecular formula is C15H21NO3. The molecule has 1 atom stereocenters. The summed E-state index contributed by atoms with van der Waals surface area (Å²) in [5.74, 6) is -0.447. The fourth-order valence-electron chi connectivity index (χ4n) is 2.82. The second-order valence-corrected chi connectivity index (χ2v) is 6.17. The first-order valence-corrected chi connectivity index (χ1v) is 6.70. The van der Waals surface area contributed by atoms with Gasteiger partial charge in [-0.05, 0) is 36.8 Å². The lowest BCUT2D eigenvalue weighted by atomic mass is 9.75. The highest BCUT2D eigenvalue weighted by Crippen LogP contribution is 2.35. The average molecular weight is 263 g/mol. The molecule has 0 spiro atoms. The van der Waals surface area contributed by atoms with Crippen molar-refractivity contribution in [2.45, 2.75) is 45.6 Å². The Morgan fingerprint density at radius 2 is 1.89 bits per heavy atom. The normalized spacial score (nSPS) is 21.9. The number of benzene rings is 1. The van der Waals surface area contributed by atoms with Crippen LogP contribution in [0, 0.1) is 5.41 Å². The lowest BCUT2D eigenvalue weighted by Gasteiger charge is -2.35. The minimum Gasteiger partial charge on any atom is -0.508 e. The number of amides is 1. The molecule has 0 bridgehead atoms. The molecule has 2 rings (SSSR count). The highest BCUT2D eigenvalue weighted by Gasteiger charge is 2.29. The summed E-state index contributed by atoms with van der Waals surface area (Å²) in [5.41, 5.74) is 0.554. The Hall–Kier alpha value is -1.71. The number of rotatable bonds is 2. The Morgan fingerprint density at radius 1 is 1.26 bits per heavy atom. The quantitative estimate of drug-likeness (QED) is 0.768. The molecule has 4 heteroatoms. The van der Waals surface area contributed by atoms with Crippen LogP contribution in [0.25, 0.3) is 0 Å². The van der Waals surface area contributed by atoms with Crippen molar-refractivity contribution in [3.63, 3.8) is 0 Å². The van der Waals surface area contributed by atoms with Gasteiger partial charge in [0.25, 0.3) is 5.91 Å². The van der Waals surface area contributed by atoms with Gasteiger partial charge in [0.05, 0.1) is 0 Å². The van der Waals surface area contributed by atoms with Crippen molar-refractivity contribution in [1.82, 2.24) is 5.32 Å². The van der Waals surface area contributed by atoms with E-state index in [-0.39, 0.29) is 28.9 Å². The van der Waals surface area contributed by atoms with Crippen molar-refractivity contribution >= 4 is 5.91 Å². The van der Waals surface area contributed by atoms with Crippen molar-refractivity contribution in [3.8, 4) is 11.5 Å². The molecule has 1 aliphatic carbocycles. The Kier molecular flexibility index (Phi) is 3.69. The van der Waals surface area contributed by atoms with Crippen molar-refractivity contribution in [2.75, 3.05) is 0 Å². The number of nitrogens with one attached hydrogen (secondary N) is 1. The van der Waals surface area contributed by atoms with Crippen molar-refractivity contribution in [1.29, 1.82) is 0 Å². The fraction of sp³-hybridized carbons (Fsp3) is 0.533. The Balaban J connectivity index is 2.04. The van der Waals surface area contributed by atoms with Gasteiger partial charge in [-0.1, -0.05) is 20.3 Å². The van der Waals surface area contributed by atoms with Gasteiger partial charge in [-0.3, -0.25) is 4.79 Å². The molecule has 0 radical (unpaired) electrons. The molecular weight excluding hydrogens is 242 g/mol. The molecule has 1 fully saturated rings. The molecule has 1 aromatic rings. The van der Waals surface area contributed by atoms with Gasteiger partial charge < -0.3 is 15.5 Å². The summed E-state index contributed by atoms with van der Waals surface area (Å²) in [7, 11) is 0. The highest BCUT2D eigenvalue weighted by molar-refractivity contribution is 5.95. The molecule has 4 nitrogen and oxygen atoms in total. The van der Waals surface area contributed by atoms with Gasteiger partial charge in [-0.15, -0.1) is 0 Å². The number of hydrogen-bond donors (Lipinski definition) is 3. The number of hydrogen-bond acceptors (Lipinski definition) is 3. The van der Waals surface area contributed by atoms with Gasteiger partial charge >= 0.3 is 0 Å². The van der Waals surface area contributed by atoms with Crippen LogP contribution in [-0.4, -0.2) is 22.2 Å². The maximum atomic E-state index is 12.1. The zero-order chi connectivity index (χ0) is 14.0. The predicted octanol–water partition coefficient (Wildman–Crippen LogP) is 2.80. The van der Waals surface area contributed by atoms with E-state index in [9.17, 15) is 15.0 Å². The standard InChI is InChI=1S/C15H21NO3/c1-15(2)5-3-4-11(9-15)16-14(19)10-6-12(17)8-13(18)7-10/h6-8,11,17-18H,3-5,9H2,1-2H3,(H,16,19). The number of phenolic OH excluding ortho intramolecular Hbond substituents is 2. The van der Waals surface area contributed by atoms with Crippen molar-refractivity contribution in [2.24, 2.45) is 5.41 Å². The molecule has 104 valence electrons. The van der Waals surface area contributed by atoms with Crippen LogP contribution in [0.4, 0.5) is 0 Å². The summed E-state index contributed by atoms with van der Waals surface area (Å²) >= 11 is 0. The Bertz CT molecular complexity index is 462. The van der Waals surface area contributed by atoms with Gasteiger partial charge in [0.2, 0.25) is 0 Å². The van der Waals surface area contributed by atoms with Crippen LogP contribution in [0.5, 0.6) is 11.5 Å². The molecule has 1 unspecified atom stereocenters. The van der Waals surface area contributed by atoms with Crippen molar-refractivity contribution < 1.29 is 15.0 Å². The van der Waals surface area contributed by atoms with Crippen molar-refractivity contribution in [3.05, 3.63) is 23.8 Å². The number of aromatic hydroxyl groups is 2. The van der Waals surface area contributed by atoms with E-state index in [1.165, 1.54) is 24.6 Å². The molecule has 3 N–H and O–H groups in total. The molecule has 19 heavy (non-hydrogen) atoms. The van der Waals surface area contributed by atoms with Crippen LogP contribution >= 0.6 is 0 Å². The lowest BCUT2D eigenvalue weighted by Crippen LogP contribution is -2.40. The summed E-state index contributed by atoms with van der Waals surface area (Å²) in [6.07, 6.45) is 4.25. The first-order chi connectivity index (χ1) is 8.85. The maximum Gasteiger partial charge on any atom is 0.251 e. The van der Waals surface area contributed by atoms with Gasteiger partial charge in [0.1, 0.15) is 11.5 Å². The maximum absolute atomic E-state index is 12.1. The summed E-state index contributed by atoms with van der Waals surface area (Å²) in [5, 5.41) is 21.8. The van der Waals surface area contributed by atoms with Crippen LogP contribution in [0.15, 0.2) is 18.2 Å². The second kappa shape index (κ2) is 5.11. The lowest BCUT2D eigenvalue weighted by molar-refractivity contribution is 0.0901. The zero-order valence-corrected chi connectivity index (χ0v) is 11.4. The monoisotopic (exact) mass is 263 g/mol. The average Bonchev–Trinajstić information content (AvgIpc) is 2.26. The van der Waals surface area contributed by atoms with Gasteiger partial charge in [-0.25, -0.2) is 0 Å². The van der Waals surface area contributed by atoms with Gasteiger partial charge in [0, 0.05) is 17.7 Å². The van der Waals surface area contributed by atoms with E-state index < -0.39 is 0 Å². The third-order valence-electron chi connectivity index (χ3n) is 3.71. The van der Waals surface area contributed by atoms with Gasteiger partial charge in [-0.2, -0.15) is 0 Å². The second-order valence-electron chi connectivity index (χ2n) is 6.17. The largest absolute Gasteiger partial charge is 0.508 e. The molecule has 1 aliphatic rings. The van der Waals surface area contributed by atoms with E-state index in [1.54, 1.807) is 0 Å². The first kappa shape index (κ1) is 13.7. The van der Waals surface area contributed by atoms with Crippen LogP contribution in [0.2, 0.25) is 0 Å². The van der Waals surface area contributed by atoms with Crippen LogP contribution in [0.1, 0.15) is 49.9 Å². The summed E-state index contributed by atoms with van der Waals surface area (Å²) in [4.78, 5) is 12.1. The van der Waals surface area contributed by atoms with Gasteiger partial charge in [0.15, 0.2) is 0 Å². The van der Waals surface area contributed by atoms with E-state index >= 15 is 0 Å². The molecule has 0 saturated heterocycles. The van der Waals surface area contributed by atoms with E-state index in [0.29, 0.717) is 5.56 Å². The molecule has 1 amide bonds. The highest BCUT2D eigenvalue weighted by atomic mass is 16.3. The summed E-state index contributed by atoms with van der Waals surface area (Å²) in [6.45, 7) is 4.43. The smallest absolute Gasteiger partial charge is 0.251 e. The molecule has 1 saturated carbocycles. The third-order valence-corrected chi connectivity index (χ3v) is 3.71. The molecule has 1 aromatic carbocycles. The zero-order valence-electron chi connectivity index (χ0n) is 11.4. The van der Waals surface area contributed by atoms with E-state index in [2.05, 4.69) is 19.2 Å². The van der Waals surface area contributed by atoms with Crippen LogP contribution in [0.3, 0.4) is 0 Å². The minimum absolute atomic E-state index is 0.103. The number of carbonyl (C=O) groups is 1. The van der Waals surface area contributed by atoms with Crippen LogP contribution < -0.4 is 5.32 Å². The fourth-order valence-corrected chi connectivity index (χ4v) is 2.82. The minimum atomic E-state index is -0.242. The van der Waals surface area contributed by atoms with E-state index in [0.717, 1.165) is 19.3 Å². The topological polar surface area (TPSA) is 69.6 Å². The van der Waals surface area contributed by atoms with E-state index in [1.807, 2.05) is 0 Å². The number of carbonyl (C=O) groups excluding carboxylic acids is 1. The summed E-state index contributed by atoms with van der Waals surface area (Å²) in [6, 6.07) is 4.10. The number of phenols is 2. The van der Waals surface area contributed by atoms with Crippen LogP contribution in [-0.2, 0) is 0 Å². The molecule has 0 heterocycles. The third kappa shape index (κ3) is 3.63. The SMILES string of the molecule is CC1(C)CCCC(NC(=O)c2cc(O)cc(O)c2)C1. The molecule has 0 aliphatic heterocycles.